The summed E-state index contributed by atoms with van der Waals surface area (Å²) in [5, 5.41) is 0.277. The van der Waals surface area contributed by atoms with E-state index >= 15 is 0 Å². The van der Waals surface area contributed by atoms with Crippen molar-refractivity contribution in [1.82, 2.24) is 4.90 Å². The summed E-state index contributed by atoms with van der Waals surface area (Å²) >= 11 is 13.1. The van der Waals surface area contributed by atoms with Crippen molar-refractivity contribution < 1.29 is 19.1 Å². The molecule has 1 fully saturated rings. The minimum atomic E-state index is -0.648. The lowest BCUT2D eigenvalue weighted by Gasteiger charge is -2.14. The third kappa shape index (κ3) is 5.14. The van der Waals surface area contributed by atoms with Crippen LogP contribution in [-0.4, -0.2) is 22.0 Å². The van der Waals surface area contributed by atoms with Gasteiger partial charge in [0.15, 0.2) is 0 Å². The lowest BCUT2D eigenvalue weighted by Crippen LogP contribution is -2.27. The number of benzene rings is 3. The average Bonchev–Trinajstić information content (AvgIpc) is 3.04. The predicted molar refractivity (Wildman–Crippen MR) is 131 cm³/mol. The molecular weight excluding hydrogens is 481 g/mol. The second-order valence-corrected chi connectivity index (χ2v) is 9.08. The topological polar surface area (TPSA) is 63.7 Å². The Hall–Kier alpha value is -3.06. The Labute approximate surface area is 204 Å². The molecule has 0 atom stereocenters. The highest BCUT2D eigenvalue weighted by atomic mass is 35.5. The smallest absolute Gasteiger partial charge is 0.345 e. The summed E-state index contributed by atoms with van der Waals surface area (Å²) in [5.74, 6) is -0.878. The number of amides is 2. The molecule has 0 aliphatic carbocycles. The summed E-state index contributed by atoms with van der Waals surface area (Å²) in [6.45, 7) is 2.11. The van der Waals surface area contributed by atoms with Gasteiger partial charge in [0.25, 0.3) is 11.1 Å². The van der Waals surface area contributed by atoms with E-state index in [1.807, 2.05) is 31.2 Å². The number of imide groups is 1. The van der Waals surface area contributed by atoms with E-state index in [4.69, 9.17) is 27.9 Å². The Morgan fingerprint density at radius 2 is 1.76 bits per heavy atom. The van der Waals surface area contributed by atoms with Gasteiger partial charge in [-0.25, -0.2) is 4.79 Å². The maximum absolute atomic E-state index is 13.0. The fourth-order valence-corrected chi connectivity index (χ4v) is 4.46. The first kappa shape index (κ1) is 23.1. The van der Waals surface area contributed by atoms with Crippen LogP contribution in [0.1, 0.15) is 27.0 Å². The zero-order valence-electron chi connectivity index (χ0n) is 17.4. The second-order valence-electron chi connectivity index (χ2n) is 7.25. The highest BCUT2D eigenvalue weighted by Gasteiger charge is 2.35. The molecule has 0 radical (unpaired) electrons. The molecule has 0 N–H and O–H groups in total. The van der Waals surface area contributed by atoms with Gasteiger partial charge in [-0.3, -0.25) is 14.5 Å². The maximum atomic E-state index is 13.0. The molecule has 4 rings (SSSR count). The molecule has 33 heavy (non-hydrogen) atoms. The van der Waals surface area contributed by atoms with E-state index in [0.29, 0.717) is 10.6 Å². The SMILES string of the molecule is Cc1ccccc1CN1C(=O)S/C(=C\c2cc(Cl)ccc2OC(=O)c2ccccc2Cl)C1=O. The molecule has 8 heteroatoms. The van der Waals surface area contributed by atoms with Crippen molar-refractivity contribution in [2.24, 2.45) is 0 Å². The van der Waals surface area contributed by atoms with Gasteiger partial charge in [-0.1, -0.05) is 59.6 Å². The van der Waals surface area contributed by atoms with E-state index in [-0.39, 0.29) is 33.0 Å². The summed E-state index contributed by atoms with van der Waals surface area (Å²) in [5.41, 5.74) is 2.48. The number of nitrogens with zero attached hydrogens (tertiary/aromatic N) is 1. The average molecular weight is 498 g/mol. The highest BCUT2D eigenvalue weighted by Crippen LogP contribution is 2.36. The van der Waals surface area contributed by atoms with E-state index in [2.05, 4.69) is 0 Å². The van der Waals surface area contributed by atoms with Gasteiger partial charge in [0, 0.05) is 10.6 Å². The molecule has 0 unspecified atom stereocenters. The van der Waals surface area contributed by atoms with Crippen LogP contribution < -0.4 is 4.74 Å². The first-order chi connectivity index (χ1) is 15.8. The van der Waals surface area contributed by atoms with Crippen LogP contribution in [0.15, 0.2) is 71.6 Å². The summed E-state index contributed by atoms with van der Waals surface area (Å²) in [4.78, 5) is 39.6. The van der Waals surface area contributed by atoms with Gasteiger partial charge in [-0.05, 0) is 66.2 Å². The van der Waals surface area contributed by atoms with Crippen LogP contribution in [0, 0.1) is 6.92 Å². The normalized spacial score (nSPS) is 14.8. The fourth-order valence-electron chi connectivity index (χ4n) is 3.24. The number of carbonyl (C=O) groups excluding carboxylic acids is 3. The number of hydrogen-bond acceptors (Lipinski definition) is 5. The molecule has 3 aromatic carbocycles. The van der Waals surface area contributed by atoms with Crippen LogP contribution in [0.4, 0.5) is 4.79 Å². The van der Waals surface area contributed by atoms with Crippen LogP contribution in [0.25, 0.3) is 6.08 Å². The van der Waals surface area contributed by atoms with E-state index in [1.165, 1.54) is 17.0 Å². The predicted octanol–water partition coefficient (Wildman–Crippen LogP) is 6.76. The van der Waals surface area contributed by atoms with Crippen LogP contribution in [0.3, 0.4) is 0 Å². The number of carbonyl (C=O) groups is 3. The first-order valence-electron chi connectivity index (χ1n) is 9.89. The molecular formula is C25H17Cl2NO4S. The van der Waals surface area contributed by atoms with Crippen LogP contribution in [-0.2, 0) is 11.3 Å². The lowest BCUT2D eigenvalue weighted by molar-refractivity contribution is -0.123. The number of rotatable bonds is 5. The number of esters is 1. The Morgan fingerprint density at radius 3 is 2.52 bits per heavy atom. The van der Waals surface area contributed by atoms with Crippen molar-refractivity contribution in [3.05, 3.63) is 104 Å². The molecule has 5 nitrogen and oxygen atoms in total. The number of halogens is 2. The van der Waals surface area contributed by atoms with Crippen molar-refractivity contribution in [1.29, 1.82) is 0 Å². The van der Waals surface area contributed by atoms with Crippen molar-refractivity contribution in [2.45, 2.75) is 13.5 Å². The maximum Gasteiger partial charge on any atom is 0.345 e. The molecule has 0 spiro atoms. The molecule has 1 heterocycles. The van der Waals surface area contributed by atoms with E-state index in [9.17, 15) is 14.4 Å². The Morgan fingerprint density at radius 1 is 1.03 bits per heavy atom. The minimum absolute atomic E-state index is 0.179. The largest absolute Gasteiger partial charge is 0.422 e. The number of ether oxygens (including phenoxy) is 1. The van der Waals surface area contributed by atoms with Gasteiger partial charge in [0.1, 0.15) is 5.75 Å². The van der Waals surface area contributed by atoms with Gasteiger partial charge in [0.05, 0.1) is 22.0 Å². The molecule has 1 saturated heterocycles. The third-order valence-electron chi connectivity index (χ3n) is 5.02. The molecule has 1 aliphatic heterocycles. The lowest BCUT2D eigenvalue weighted by atomic mass is 10.1. The molecule has 0 bridgehead atoms. The van der Waals surface area contributed by atoms with Crippen LogP contribution >= 0.6 is 35.0 Å². The number of thioether (sulfide) groups is 1. The molecule has 1 aliphatic rings. The molecule has 166 valence electrons. The van der Waals surface area contributed by atoms with Gasteiger partial charge in [-0.2, -0.15) is 0 Å². The van der Waals surface area contributed by atoms with Crippen molar-refractivity contribution in [3.8, 4) is 5.75 Å². The second kappa shape index (κ2) is 9.83. The highest BCUT2D eigenvalue weighted by molar-refractivity contribution is 8.18. The molecule has 0 saturated carbocycles. The first-order valence-corrected chi connectivity index (χ1v) is 11.5. The van der Waals surface area contributed by atoms with Crippen molar-refractivity contribution >= 4 is 58.2 Å². The van der Waals surface area contributed by atoms with Crippen molar-refractivity contribution in [3.63, 3.8) is 0 Å². The van der Waals surface area contributed by atoms with E-state index < -0.39 is 11.9 Å². The summed E-state index contributed by atoms with van der Waals surface area (Å²) in [7, 11) is 0. The van der Waals surface area contributed by atoms with Gasteiger partial charge in [-0.15, -0.1) is 0 Å². The Kier molecular flexibility index (Phi) is 6.88. The Balaban J connectivity index is 1.61. The van der Waals surface area contributed by atoms with Crippen LogP contribution in [0.5, 0.6) is 5.75 Å². The quantitative estimate of drug-likeness (QED) is 0.221. The summed E-state index contributed by atoms with van der Waals surface area (Å²) < 4.78 is 5.53. The van der Waals surface area contributed by atoms with Gasteiger partial charge < -0.3 is 4.74 Å². The Bertz CT molecular complexity index is 1310. The summed E-state index contributed by atoms with van der Waals surface area (Å²) in [6.07, 6.45) is 1.50. The number of aryl methyl sites for hydroxylation is 1. The van der Waals surface area contributed by atoms with Gasteiger partial charge in [0.2, 0.25) is 0 Å². The van der Waals surface area contributed by atoms with E-state index in [1.54, 1.807) is 36.4 Å². The van der Waals surface area contributed by atoms with E-state index in [0.717, 1.165) is 22.9 Å². The number of hydrogen-bond donors (Lipinski definition) is 0. The van der Waals surface area contributed by atoms with Crippen molar-refractivity contribution in [2.75, 3.05) is 0 Å². The standard InChI is InChI=1S/C25H17Cl2NO4S/c1-15-6-2-3-7-16(15)14-28-23(29)22(33-25(28)31)13-17-12-18(26)10-11-21(17)32-24(30)19-8-4-5-9-20(19)27/h2-13H,14H2,1H3/b22-13-. The zero-order valence-corrected chi connectivity index (χ0v) is 19.7. The molecule has 2 amide bonds. The van der Waals surface area contributed by atoms with Crippen LogP contribution in [0.2, 0.25) is 10.0 Å². The molecule has 3 aromatic rings. The summed E-state index contributed by atoms with van der Waals surface area (Å²) in [6, 6.07) is 18.8. The minimum Gasteiger partial charge on any atom is -0.422 e. The fraction of sp³-hybridized carbons (Fsp3) is 0.0800. The molecule has 0 aromatic heterocycles. The monoisotopic (exact) mass is 497 g/mol. The zero-order chi connectivity index (χ0) is 23.5. The van der Waals surface area contributed by atoms with Gasteiger partial charge >= 0.3 is 5.97 Å². The third-order valence-corrected chi connectivity index (χ3v) is 6.49.